The quantitative estimate of drug-likeness (QED) is 0.188. The number of benzene rings is 2. The van der Waals surface area contributed by atoms with Gasteiger partial charge in [0.05, 0.1) is 6.61 Å². The van der Waals surface area contributed by atoms with E-state index >= 15 is 0 Å². The monoisotopic (exact) mass is 530 g/mol. The summed E-state index contributed by atoms with van der Waals surface area (Å²) in [7, 11) is 1.66. The second kappa shape index (κ2) is 14.6. The zero-order valence-electron chi connectivity index (χ0n) is 17.1. The summed E-state index contributed by atoms with van der Waals surface area (Å²) in [6.45, 7) is 3.70. The van der Waals surface area contributed by atoms with E-state index in [1.807, 2.05) is 31.2 Å². The molecular formula is C21H28FIN4O3. The van der Waals surface area contributed by atoms with Gasteiger partial charge >= 0.3 is 0 Å². The summed E-state index contributed by atoms with van der Waals surface area (Å²) in [5, 5.41) is 8.92. The van der Waals surface area contributed by atoms with E-state index in [-0.39, 0.29) is 42.2 Å². The normalized spacial score (nSPS) is 10.7. The van der Waals surface area contributed by atoms with Gasteiger partial charge in [0.25, 0.3) is 0 Å². The summed E-state index contributed by atoms with van der Waals surface area (Å²) in [4.78, 5) is 16.4. The van der Waals surface area contributed by atoms with Gasteiger partial charge in [0.2, 0.25) is 5.91 Å². The Labute approximate surface area is 193 Å². The lowest BCUT2D eigenvalue weighted by Crippen LogP contribution is -2.31. The van der Waals surface area contributed by atoms with E-state index in [0.717, 1.165) is 17.9 Å². The molecule has 0 aliphatic carbocycles. The largest absolute Gasteiger partial charge is 0.493 e. The third-order valence-corrected chi connectivity index (χ3v) is 3.71. The van der Waals surface area contributed by atoms with E-state index in [1.165, 1.54) is 24.3 Å². The molecule has 7 nitrogen and oxygen atoms in total. The van der Waals surface area contributed by atoms with Crippen molar-refractivity contribution in [1.29, 1.82) is 0 Å². The molecule has 1 amide bonds. The maximum Gasteiger partial charge on any atom is 0.246 e. The Morgan fingerprint density at radius 3 is 2.53 bits per heavy atom. The molecule has 30 heavy (non-hydrogen) atoms. The van der Waals surface area contributed by atoms with Crippen LogP contribution in [0.1, 0.15) is 13.3 Å². The highest BCUT2D eigenvalue weighted by atomic mass is 127. The first-order chi connectivity index (χ1) is 14.1. The lowest BCUT2D eigenvalue weighted by atomic mass is 10.3. The van der Waals surface area contributed by atoms with Crippen LogP contribution in [-0.2, 0) is 9.53 Å². The van der Waals surface area contributed by atoms with Crippen molar-refractivity contribution in [2.45, 2.75) is 13.3 Å². The van der Waals surface area contributed by atoms with Gasteiger partial charge < -0.3 is 25.4 Å². The van der Waals surface area contributed by atoms with Crippen LogP contribution >= 0.6 is 24.0 Å². The zero-order valence-corrected chi connectivity index (χ0v) is 19.4. The van der Waals surface area contributed by atoms with Crippen molar-refractivity contribution in [2.24, 2.45) is 4.99 Å². The van der Waals surface area contributed by atoms with Gasteiger partial charge in [-0.25, -0.2) is 9.38 Å². The minimum atomic E-state index is -0.357. The number of halogens is 2. The van der Waals surface area contributed by atoms with Crippen LogP contribution in [0.25, 0.3) is 0 Å². The predicted octanol–water partition coefficient (Wildman–Crippen LogP) is 3.88. The molecule has 2 aromatic rings. The fourth-order valence-electron chi connectivity index (χ4n) is 2.39. The lowest BCUT2D eigenvalue weighted by Gasteiger charge is -2.13. The van der Waals surface area contributed by atoms with Crippen molar-refractivity contribution in [3.05, 3.63) is 54.3 Å². The lowest BCUT2D eigenvalue weighted by molar-refractivity contribution is -0.114. The smallest absolute Gasteiger partial charge is 0.246 e. The second-order valence-corrected chi connectivity index (χ2v) is 6.10. The van der Waals surface area contributed by atoms with Gasteiger partial charge in [-0.1, -0.05) is 6.07 Å². The van der Waals surface area contributed by atoms with Gasteiger partial charge in [-0.15, -0.1) is 24.0 Å². The molecular weight excluding hydrogens is 502 g/mol. The van der Waals surface area contributed by atoms with Crippen LogP contribution in [0.4, 0.5) is 15.8 Å². The fourth-order valence-corrected chi connectivity index (χ4v) is 2.39. The SMILES string of the molecule is CCNC(=NCC(=O)Nc1ccc(F)cc1)Nc1cccc(OCCCOC)c1.I. The maximum atomic E-state index is 12.9. The summed E-state index contributed by atoms with van der Waals surface area (Å²) in [6, 6.07) is 13.1. The van der Waals surface area contributed by atoms with Gasteiger partial charge in [0.1, 0.15) is 18.1 Å². The third kappa shape index (κ3) is 9.88. The number of amides is 1. The Bertz CT molecular complexity index is 803. The Hall–Kier alpha value is -2.40. The van der Waals surface area contributed by atoms with Gasteiger partial charge in [0.15, 0.2) is 5.96 Å². The zero-order chi connectivity index (χ0) is 20.9. The van der Waals surface area contributed by atoms with Crippen LogP contribution in [0.2, 0.25) is 0 Å². The number of hydrogen-bond donors (Lipinski definition) is 3. The second-order valence-electron chi connectivity index (χ2n) is 6.10. The summed E-state index contributed by atoms with van der Waals surface area (Å²) >= 11 is 0. The van der Waals surface area contributed by atoms with Crippen LogP contribution in [0.3, 0.4) is 0 Å². The van der Waals surface area contributed by atoms with E-state index in [0.29, 0.717) is 31.4 Å². The highest BCUT2D eigenvalue weighted by Gasteiger charge is 2.05. The average Bonchev–Trinajstić information content (AvgIpc) is 2.72. The Morgan fingerprint density at radius 1 is 1.07 bits per heavy atom. The highest BCUT2D eigenvalue weighted by Crippen LogP contribution is 2.17. The van der Waals surface area contributed by atoms with E-state index in [9.17, 15) is 9.18 Å². The topological polar surface area (TPSA) is 84.0 Å². The molecule has 3 N–H and O–H groups in total. The average molecular weight is 530 g/mol. The van der Waals surface area contributed by atoms with E-state index in [1.54, 1.807) is 7.11 Å². The van der Waals surface area contributed by atoms with Gasteiger partial charge in [0, 0.05) is 44.1 Å². The molecule has 9 heteroatoms. The van der Waals surface area contributed by atoms with Crippen LogP contribution in [0.15, 0.2) is 53.5 Å². The first kappa shape index (κ1) is 25.6. The Morgan fingerprint density at radius 2 is 1.83 bits per heavy atom. The van der Waals surface area contributed by atoms with E-state index in [2.05, 4.69) is 20.9 Å². The van der Waals surface area contributed by atoms with Crippen LogP contribution < -0.4 is 20.7 Å². The molecule has 0 bridgehead atoms. The van der Waals surface area contributed by atoms with Crippen molar-refractivity contribution in [2.75, 3.05) is 44.0 Å². The summed E-state index contributed by atoms with van der Waals surface area (Å²) < 4.78 is 23.6. The standard InChI is InChI=1S/C21H27FN4O3.HI/c1-3-23-21(24-15-20(27)25-17-10-8-16(22)9-11-17)26-18-6-4-7-19(14-18)29-13-5-12-28-2;/h4,6-11,14H,3,5,12-13,15H2,1-2H3,(H,25,27)(H2,23,24,26);1H. The minimum Gasteiger partial charge on any atom is -0.493 e. The molecule has 0 saturated carbocycles. The number of nitrogens with zero attached hydrogens (tertiary/aromatic N) is 1. The van der Waals surface area contributed by atoms with Gasteiger partial charge in [-0.05, 0) is 43.3 Å². The van der Waals surface area contributed by atoms with Crippen molar-refractivity contribution in [3.8, 4) is 5.75 Å². The maximum absolute atomic E-state index is 12.9. The van der Waals surface area contributed by atoms with Gasteiger partial charge in [-0.3, -0.25) is 4.79 Å². The van der Waals surface area contributed by atoms with Crippen molar-refractivity contribution in [1.82, 2.24) is 5.32 Å². The summed E-state index contributed by atoms with van der Waals surface area (Å²) in [5.41, 5.74) is 1.30. The number of rotatable bonds is 10. The third-order valence-electron chi connectivity index (χ3n) is 3.71. The number of ether oxygens (including phenoxy) is 2. The number of carbonyl (C=O) groups is 1. The van der Waals surface area contributed by atoms with Crippen LogP contribution in [0.5, 0.6) is 5.75 Å². The predicted molar refractivity (Wildman–Crippen MR) is 128 cm³/mol. The molecule has 0 spiro atoms. The number of aliphatic imine (C=N–C) groups is 1. The minimum absolute atomic E-state index is 0. The van der Waals surface area contributed by atoms with Crippen molar-refractivity contribution < 1.29 is 18.7 Å². The number of carbonyl (C=O) groups excluding carboxylic acids is 1. The first-order valence-corrected chi connectivity index (χ1v) is 9.43. The number of nitrogens with one attached hydrogen (secondary N) is 3. The molecule has 0 unspecified atom stereocenters. The molecule has 0 aliphatic rings. The molecule has 0 atom stereocenters. The summed E-state index contributed by atoms with van der Waals surface area (Å²) in [6.07, 6.45) is 0.807. The molecule has 0 saturated heterocycles. The summed E-state index contributed by atoms with van der Waals surface area (Å²) in [5.74, 6) is 0.544. The number of hydrogen-bond acceptors (Lipinski definition) is 4. The van der Waals surface area contributed by atoms with Crippen LogP contribution in [-0.4, -0.2) is 45.3 Å². The molecule has 0 aliphatic heterocycles. The van der Waals surface area contributed by atoms with Crippen LogP contribution in [0, 0.1) is 5.82 Å². The number of methoxy groups -OCH3 is 1. The molecule has 0 radical (unpaired) electrons. The van der Waals surface area contributed by atoms with E-state index < -0.39 is 0 Å². The molecule has 0 heterocycles. The highest BCUT2D eigenvalue weighted by molar-refractivity contribution is 14.0. The Kier molecular flexibility index (Phi) is 12.4. The van der Waals surface area contributed by atoms with Crippen molar-refractivity contribution in [3.63, 3.8) is 0 Å². The Balaban J connectivity index is 0.00000450. The number of anilines is 2. The van der Waals surface area contributed by atoms with E-state index in [4.69, 9.17) is 9.47 Å². The molecule has 0 fully saturated rings. The number of guanidine groups is 1. The molecule has 2 aromatic carbocycles. The molecule has 0 aromatic heterocycles. The van der Waals surface area contributed by atoms with Gasteiger partial charge in [-0.2, -0.15) is 0 Å². The fraction of sp³-hybridized carbons (Fsp3) is 0.333. The first-order valence-electron chi connectivity index (χ1n) is 9.43. The van der Waals surface area contributed by atoms with Crippen molar-refractivity contribution >= 4 is 47.2 Å². The molecule has 2 rings (SSSR count). The molecule has 164 valence electrons.